The summed E-state index contributed by atoms with van der Waals surface area (Å²) < 4.78 is 10.6. The zero-order valence-corrected chi connectivity index (χ0v) is 13.4. The Labute approximate surface area is 143 Å². The number of hydrazone groups is 1. The number of nitrogens with one attached hydrogen (secondary N) is 1. The number of rotatable bonds is 5. The van der Waals surface area contributed by atoms with E-state index < -0.39 is 10.8 Å². The summed E-state index contributed by atoms with van der Waals surface area (Å²) in [4.78, 5) is 22.4. The predicted molar refractivity (Wildman–Crippen MR) is 89.8 cm³/mol. The second kappa shape index (κ2) is 7.00. The second-order valence-electron chi connectivity index (χ2n) is 5.42. The molecule has 0 spiro atoms. The standard InChI is InChI=1S/C17H15N3O5/c1-11-6-15-16(25-10-24-15)7-13(11)9-18-19-17(21)8-12-4-2-3-5-14(12)20(22)23/h2-7,9H,8,10H2,1H3,(H,19,21). The van der Waals surface area contributed by atoms with Gasteiger partial charge in [0.25, 0.3) is 5.69 Å². The lowest BCUT2D eigenvalue weighted by Gasteiger charge is -2.04. The van der Waals surface area contributed by atoms with Gasteiger partial charge in [0.2, 0.25) is 12.7 Å². The highest BCUT2D eigenvalue weighted by atomic mass is 16.7. The number of nitro benzene ring substituents is 1. The van der Waals surface area contributed by atoms with Crippen LogP contribution in [-0.2, 0) is 11.2 Å². The maximum atomic E-state index is 12.0. The first-order chi connectivity index (χ1) is 12.0. The van der Waals surface area contributed by atoms with Gasteiger partial charge in [-0.1, -0.05) is 18.2 Å². The van der Waals surface area contributed by atoms with Crippen LogP contribution >= 0.6 is 0 Å². The second-order valence-corrected chi connectivity index (χ2v) is 5.42. The predicted octanol–water partition coefficient (Wildman–Crippen LogP) is 2.32. The molecule has 0 saturated heterocycles. The molecule has 8 heteroatoms. The van der Waals surface area contributed by atoms with Gasteiger partial charge in [-0.2, -0.15) is 5.10 Å². The van der Waals surface area contributed by atoms with Gasteiger partial charge >= 0.3 is 0 Å². The zero-order chi connectivity index (χ0) is 17.8. The van der Waals surface area contributed by atoms with Crippen LogP contribution in [0, 0.1) is 17.0 Å². The number of ether oxygens (including phenoxy) is 2. The van der Waals surface area contributed by atoms with Crippen LogP contribution < -0.4 is 14.9 Å². The lowest BCUT2D eigenvalue weighted by molar-refractivity contribution is -0.385. The smallest absolute Gasteiger partial charge is 0.273 e. The first-order valence-electron chi connectivity index (χ1n) is 7.49. The molecule has 25 heavy (non-hydrogen) atoms. The number of amides is 1. The molecule has 1 N–H and O–H groups in total. The van der Waals surface area contributed by atoms with Crippen molar-refractivity contribution in [2.75, 3.05) is 6.79 Å². The number of hydrogen-bond acceptors (Lipinski definition) is 6. The normalized spacial score (nSPS) is 12.4. The SMILES string of the molecule is Cc1cc2c(cc1C=NNC(=O)Cc1ccccc1[N+](=O)[O-])OCO2. The fraction of sp³-hybridized carbons (Fsp3) is 0.176. The monoisotopic (exact) mass is 341 g/mol. The number of fused-ring (bicyclic) bond motifs is 1. The van der Waals surface area contributed by atoms with Gasteiger partial charge in [0.15, 0.2) is 11.5 Å². The van der Waals surface area contributed by atoms with E-state index in [-0.39, 0.29) is 18.9 Å². The number of nitrogens with zero attached hydrogens (tertiary/aromatic N) is 2. The van der Waals surface area contributed by atoms with Crippen molar-refractivity contribution in [3.63, 3.8) is 0 Å². The Morgan fingerprint density at radius 1 is 1.32 bits per heavy atom. The van der Waals surface area contributed by atoms with Crippen LogP contribution in [0.1, 0.15) is 16.7 Å². The lowest BCUT2D eigenvalue weighted by Crippen LogP contribution is -2.20. The highest BCUT2D eigenvalue weighted by Crippen LogP contribution is 2.34. The molecule has 0 atom stereocenters. The quantitative estimate of drug-likeness (QED) is 0.511. The van der Waals surface area contributed by atoms with Gasteiger partial charge in [-0.15, -0.1) is 0 Å². The van der Waals surface area contributed by atoms with E-state index in [0.29, 0.717) is 17.1 Å². The van der Waals surface area contributed by atoms with Crippen molar-refractivity contribution in [2.24, 2.45) is 5.10 Å². The van der Waals surface area contributed by atoms with E-state index in [4.69, 9.17) is 9.47 Å². The number of aryl methyl sites for hydroxylation is 1. The minimum absolute atomic E-state index is 0.0896. The number of carbonyl (C=O) groups is 1. The van der Waals surface area contributed by atoms with E-state index >= 15 is 0 Å². The molecule has 0 bridgehead atoms. The third-order valence-electron chi connectivity index (χ3n) is 3.69. The van der Waals surface area contributed by atoms with Crippen molar-refractivity contribution >= 4 is 17.8 Å². The molecule has 0 radical (unpaired) electrons. The number of hydrogen-bond donors (Lipinski definition) is 1. The van der Waals surface area contributed by atoms with Crippen molar-refractivity contribution in [1.29, 1.82) is 0 Å². The largest absolute Gasteiger partial charge is 0.454 e. The zero-order valence-electron chi connectivity index (χ0n) is 13.4. The summed E-state index contributed by atoms with van der Waals surface area (Å²) in [5, 5.41) is 14.9. The van der Waals surface area contributed by atoms with Gasteiger partial charge in [-0.25, -0.2) is 5.43 Å². The summed E-state index contributed by atoms with van der Waals surface area (Å²) in [6.45, 7) is 2.07. The molecule has 1 aliphatic heterocycles. The third-order valence-corrected chi connectivity index (χ3v) is 3.69. The Balaban J connectivity index is 1.65. The van der Waals surface area contributed by atoms with Crippen molar-refractivity contribution in [3.8, 4) is 11.5 Å². The Bertz CT molecular complexity index is 863. The summed E-state index contributed by atoms with van der Waals surface area (Å²) in [6.07, 6.45) is 1.36. The van der Waals surface area contributed by atoms with Crippen LogP contribution in [0.3, 0.4) is 0 Å². The van der Waals surface area contributed by atoms with Crippen LogP contribution in [0.4, 0.5) is 5.69 Å². The molecule has 1 amide bonds. The molecule has 1 aliphatic rings. The maximum absolute atomic E-state index is 12.0. The molecule has 0 unspecified atom stereocenters. The van der Waals surface area contributed by atoms with E-state index in [9.17, 15) is 14.9 Å². The molecule has 2 aromatic rings. The number of benzene rings is 2. The van der Waals surface area contributed by atoms with Crippen molar-refractivity contribution in [2.45, 2.75) is 13.3 Å². The molecular formula is C17H15N3O5. The van der Waals surface area contributed by atoms with Gasteiger partial charge < -0.3 is 9.47 Å². The van der Waals surface area contributed by atoms with E-state index in [1.165, 1.54) is 12.3 Å². The molecule has 3 rings (SSSR count). The number of nitro groups is 1. The molecule has 0 aliphatic carbocycles. The molecule has 8 nitrogen and oxygen atoms in total. The molecule has 0 saturated carbocycles. The minimum atomic E-state index is -0.512. The summed E-state index contributed by atoms with van der Waals surface area (Å²) in [5.41, 5.74) is 4.31. The fourth-order valence-electron chi connectivity index (χ4n) is 2.42. The van der Waals surface area contributed by atoms with Crippen LogP contribution in [0.5, 0.6) is 11.5 Å². The highest BCUT2D eigenvalue weighted by molar-refractivity contribution is 5.85. The van der Waals surface area contributed by atoms with Gasteiger partial charge in [0.05, 0.1) is 17.6 Å². The average Bonchev–Trinajstić information content (AvgIpc) is 3.02. The molecule has 128 valence electrons. The first-order valence-corrected chi connectivity index (χ1v) is 7.49. The summed E-state index contributed by atoms with van der Waals surface area (Å²) in [7, 11) is 0. The fourth-order valence-corrected chi connectivity index (χ4v) is 2.42. The number of para-hydroxylation sites is 1. The Hall–Kier alpha value is -3.42. The Kier molecular flexibility index (Phi) is 4.60. The summed E-state index contributed by atoms with van der Waals surface area (Å²) >= 11 is 0. The highest BCUT2D eigenvalue weighted by Gasteiger charge is 2.16. The topological polar surface area (TPSA) is 103 Å². The van der Waals surface area contributed by atoms with Crippen LogP contribution in [0.25, 0.3) is 0 Å². The van der Waals surface area contributed by atoms with Crippen LogP contribution in [-0.4, -0.2) is 23.8 Å². The molecule has 2 aromatic carbocycles. The van der Waals surface area contributed by atoms with E-state index in [1.807, 2.05) is 13.0 Å². The third kappa shape index (κ3) is 3.74. The number of carbonyl (C=O) groups excluding carboxylic acids is 1. The molecular weight excluding hydrogens is 326 g/mol. The average molecular weight is 341 g/mol. The van der Waals surface area contributed by atoms with Crippen molar-refractivity contribution in [3.05, 3.63) is 63.2 Å². The minimum Gasteiger partial charge on any atom is -0.454 e. The lowest BCUT2D eigenvalue weighted by atomic mass is 10.1. The van der Waals surface area contributed by atoms with E-state index in [2.05, 4.69) is 10.5 Å². The van der Waals surface area contributed by atoms with E-state index in [0.717, 1.165) is 11.1 Å². The molecule has 0 aromatic heterocycles. The van der Waals surface area contributed by atoms with Crippen LogP contribution in [0.2, 0.25) is 0 Å². The molecule has 1 heterocycles. The summed E-state index contributed by atoms with van der Waals surface area (Å²) in [5.74, 6) is 0.859. The maximum Gasteiger partial charge on any atom is 0.273 e. The Morgan fingerprint density at radius 3 is 2.80 bits per heavy atom. The van der Waals surface area contributed by atoms with Crippen molar-refractivity contribution < 1.29 is 19.2 Å². The van der Waals surface area contributed by atoms with Gasteiger partial charge in [0.1, 0.15) is 0 Å². The van der Waals surface area contributed by atoms with Gasteiger partial charge in [0, 0.05) is 17.2 Å². The van der Waals surface area contributed by atoms with Crippen LogP contribution in [0.15, 0.2) is 41.5 Å². The van der Waals surface area contributed by atoms with E-state index in [1.54, 1.807) is 24.3 Å². The first kappa shape index (κ1) is 16.4. The molecule has 0 fully saturated rings. The van der Waals surface area contributed by atoms with Gasteiger partial charge in [-0.3, -0.25) is 14.9 Å². The Morgan fingerprint density at radius 2 is 2.04 bits per heavy atom. The van der Waals surface area contributed by atoms with Crippen molar-refractivity contribution in [1.82, 2.24) is 5.43 Å². The van der Waals surface area contributed by atoms with Gasteiger partial charge in [-0.05, 0) is 24.6 Å². The summed E-state index contributed by atoms with van der Waals surface area (Å²) in [6, 6.07) is 9.72.